The fraction of sp³-hybridized carbons (Fsp3) is 0.962. The average molecular weight is 397 g/mol. The molecule has 0 fully saturated rings. The topological polar surface area (TPSA) is 37.3 Å². The van der Waals surface area contributed by atoms with Crippen LogP contribution in [0.4, 0.5) is 0 Å². The minimum absolute atomic E-state index is 0.454. The molecule has 0 aromatic carbocycles. The Hall–Kier alpha value is -0.530. The molecule has 1 N–H and O–H groups in total. The summed E-state index contributed by atoms with van der Waals surface area (Å²) in [5, 5.41) is 9.68. The molecular weight excluding hydrogens is 344 g/mol. The smallest absolute Gasteiger partial charge is 0.309 e. The van der Waals surface area contributed by atoms with E-state index < -0.39 is 11.4 Å². The van der Waals surface area contributed by atoms with Crippen molar-refractivity contribution < 1.29 is 9.90 Å². The van der Waals surface area contributed by atoms with Gasteiger partial charge in [-0.3, -0.25) is 4.79 Å². The lowest BCUT2D eigenvalue weighted by molar-refractivity contribution is -0.150. The monoisotopic (exact) mass is 396 g/mol. The predicted octanol–water partition coefficient (Wildman–Crippen LogP) is 9.17. The van der Waals surface area contributed by atoms with Gasteiger partial charge in [-0.15, -0.1) is 0 Å². The van der Waals surface area contributed by atoms with E-state index in [9.17, 15) is 9.90 Å². The first-order valence-corrected chi connectivity index (χ1v) is 12.7. The Morgan fingerprint density at radius 3 is 1.43 bits per heavy atom. The number of unbranched alkanes of at least 4 members (excludes halogenated alkanes) is 13. The van der Waals surface area contributed by atoms with Crippen LogP contribution in [0.2, 0.25) is 0 Å². The fourth-order valence-corrected chi connectivity index (χ4v) is 4.32. The Balaban J connectivity index is 3.50. The predicted molar refractivity (Wildman–Crippen MR) is 124 cm³/mol. The highest BCUT2D eigenvalue weighted by atomic mass is 16.4. The maximum atomic E-state index is 11.8. The maximum absolute atomic E-state index is 11.8. The number of aliphatic carboxylic acids is 1. The molecule has 0 aromatic rings. The van der Waals surface area contributed by atoms with E-state index in [0.717, 1.165) is 44.4 Å². The maximum Gasteiger partial charge on any atom is 0.309 e. The quantitative estimate of drug-likeness (QED) is 0.196. The van der Waals surface area contributed by atoms with Crippen molar-refractivity contribution in [1.82, 2.24) is 0 Å². The third-order valence-electron chi connectivity index (χ3n) is 6.58. The highest BCUT2D eigenvalue weighted by molar-refractivity contribution is 5.74. The normalized spacial score (nSPS) is 13.8. The molecular formula is C26H52O2. The van der Waals surface area contributed by atoms with Crippen molar-refractivity contribution in [3.63, 3.8) is 0 Å². The zero-order valence-electron chi connectivity index (χ0n) is 19.9. The van der Waals surface area contributed by atoms with E-state index in [-0.39, 0.29) is 0 Å². The van der Waals surface area contributed by atoms with Gasteiger partial charge in [-0.1, -0.05) is 130 Å². The summed E-state index contributed by atoms with van der Waals surface area (Å²) in [7, 11) is 0. The number of carboxylic acid groups (broad SMARTS) is 1. The van der Waals surface area contributed by atoms with Crippen LogP contribution in [0, 0.1) is 11.3 Å². The molecule has 0 aromatic heterocycles. The lowest BCUT2D eigenvalue weighted by Gasteiger charge is -2.28. The highest BCUT2D eigenvalue weighted by Gasteiger charge is 2.35. The third-order valence-corrected chi connectivity index (χ3v) is 6.58. The number of hydrogen-bond acceptors (Lipinski definition) is 1. The zero-order valence-corrected chi connectivity index (χ0v) is 19.9. The second-order valence-corrected chi connectivity index (χ2v) is 9.57. The zero-order chi connectivity index (χ0) is 21.1. The van der Waals surface area contributed by atoms with Gasteiger partial charge in [0.05, 0.1) is 5.41 Å². The SMILES string of the molecule is CCCCC(CC)(CCCCCCCCCCCCCCCC(C)C)C(=O)O. The van der Waals surface area contributed by atoms with E-state index >= 15 is 0 Å². The van der Waals surface area contributed by atoms with Crippen LogP contribution in [0.1, 0.15) is 150 Å². The van der Waals surface area contributed by atoms with Crippen LogP contribution >= 0.6 is 0 Å². The third kappa shape index (κ3) is 14.5. The minimum atomic E-state index is -0.566. The van der Waals surface area contributed by atoms with Gasteiger partial charge in [0.1, 0.15) is 0 Å². The molecule has 2 heteroatoms. The van der Waals surface area contributed by atoms with Gasteiger partial charge in [-0.2, -0.15) is 0 Å². The number of rotatable bonds is 21. The van der Waals surface area contributed by atoms with Gasteiger partial charge in [-0.25, -0.2) is 0 Å². The summed E-state index contributed by atoms with van der Waals surface area (Å²) in [4.78, 5) is 11.8. The van der Waals surface area contributed by atoms with Gasteiger partial charge in [-0.05, 0) is 25.2 Å². The summed E-state index contributed by atoms with van der Waals surface area (Å²) in [6, 6.07) is 0. The first-order valence-electron chi connectivity index (χ1n) is 12.7. The van der Waals surface area contributed by atoms with E-state index in [1.165, 1.54) is 83.5 Å². The average Bonchev–Trinajstić information content (AvgIpc) is 2.67. The molecule has 1 atom stereocenters. The van der Waals surface area contributed by atoms with Gasteiger partial charge in [0.2, 0.25) is 0 Å². The molecule has 0 aliphatic carbocycles. The van der Waals surface area contributed by atoms with Crippen molar-refractivity contribution in [2.45, 2.75) is 150 Å². The molecule has 0 rings (SSSR count). The summed E-state index contributed by atoms with van der Waals surface area (Å²) < 4.78 is 0. The fourth-order valence-electron chi connectivity index (χ4n) is 4.32. The van der Waals surface area contributed by atoms with Gasteiger partial charge < -0.3 is 5.11 Å². The summed E-state index contributed by atoms with van der Waals surface area (Å²) in [6.07, 6.45) is 23.6. The van der Waals surface area contributed by atoms with Crippen LogP contribution in [0.15, 0.2) is 0 Å². The summed E-state index contributed by atoms with van der Waals surface area (Å²) in [5.74, 6) is 0.302. The molecule has 28 heavy (non-hydrogen) atoms. The Morgan fingerprint density at radius 1 is 0.679 bits per heavy atom. The molecule has 0 amide bonds. The summed E-state index contributed by atoms with van der Waals surface area (Å²) in [6.45, 7) is 8.84. The summed E-state index contributed by atoms with van der Waals surface area (Å²) in [5.41, 5.74) is -0.454. The lowest BCUT2D eigenvalue weighted by Crippen LogP contribution is -2.30. The first kappa shape index (κ1) is 27.5. The van der Waals surface area contributed by atoms with Gasteiger partial charge in [0.15, 0.2) is 0 Å². The Bertz CT molecular complexity index is 350. The van der Waals surface area contributed by atoms with Gasteiger partial charge in [0.25, 0.3) is 0 Å². The minimum Gasteiger partial charge on any atom is -0.481 e. The van der Waals surface area contributed by atoms with Crippen molar-refractivity contribution in [3.8, 4) is 0 Å². The summed E-state index contributed by atoms with van der Waals surface area (Å²) >= 11 is 0. The van der Waals surface area contributed by atoms with Crippen molar-refractivity contribution in [1.29, 1.82) is 0 Å². The molecule has 2 nitrogen and oxygen atoms in total. The molecule has 168 valence electrons. The van der Waals surface area contributed by atoms with Gasteiger partial charge in [0, 0.05) is 0 Å². The number of hydrogen-bond donors (Lipinski definition) is 1. The van der Waals surface area contributed by atoms with Crippen molar-refractivity contribution in [2.75, 3.05) is 0 Å². The molecule has 0 saturated carbocycles. The number of carbonyl (C=O) groups is 1. The largest absolute Gasteiger partial charge is 0.481 e. The molecule has 0 radical (unpaired) electrons. The molecule has 0 aliphatic rings. The van der Waals surface area contributed by atoms with E-state index in [1.807, 2.05) is 0 Å². The first-order chi connectivity index (χ1) is 13.5. The van der Waals surface area contributed by atoms with E-state index in [2.05, 4.69) is 27.7 Å². The molecule has 0 spiro atoms. The van der Waals surface area contributed by atoms with Crippen LogP contribution in [0.5, 0.6) is 0 Å². The molecule has 0 bridgehead atoms. The second kappa shape index (κ2) is 18.5. The van der Waals surface area contributed by atoms with E-state index in [1.54, 1.807) is 0 Å². The van der Waals surface area contributed by atoms with Crippen LogP contribution in [0.25, 0.3) is 0 Å². The highest BCUT2D eigenvalue weighted by Crippen LogP contribution is 2.35. The van der Waals surface area contributed by atoms with Crippen LogP contribution in [-0.2, 0) is 4.79 Å². The van der Waals surface area contributed by atoms with Crippen LogP contribution in [-0.4, -0.2) is 11.1 Å². The Labute approximate surface area is 177 Å². The van der Waals surface area contributed by atoms with Crippen molar-refractivity contribution in [3.05, 3.63) is 0 Å². The Kier molecular flexibility index (Phi) is 18.1. The molecule has 1 unspecified atom stereocenters. The van der Waals surface area contributed by atoms with Crippen molar-refractivity contribution >= 4 is 5.97 Å². The molecule has 0 saturated heterocycles. The van der Waals surface area contributed by atoms with Crippen LogP contribution < -0.4 is 0 Å². The van der Waals surface area contributed by atoms with E-state index in [0.29, 0.717) is 0 Å². The molecule has 0 aliphatic heterocycles. The Morgan fingerprint density at radius 2 is 1.07 bits per heavy atom. The molecule has 0 heterocycles. The second-order valence-electron chi connectivity index (χ2n) is 9.57. The van der Waals surface area contributed by atoms with Crippen molar-refractivity contribution in [2.24, 2.45) is 11.3 Å². The number of carboxylic acids is 1. The standard InChI is InChI=1S/C26H52O2/c1-5-7-22-26(6-2,25(27)28)23-20-18-16-14-12-10-8-9-11-13-15-17-19-21-24(3)4/h24H,5-23H2,1-4H3,(H,27,28). The van der Waals surface area contributed by atoms with Crippen LogP contribution in [0.3, 0.4) is 0 Å². The lowest BCUT2D eigenvalue weighted by atomic mass is 9.76. The van der Waals surface area contributed by atoms with E-state index in [4.69, 9.17) is 0 Å². The van der Waals surface area contributed by atoms with Gasteiger partial charge >= 0.3 is 5.97 Å².